The molecule has 0 bridgehead atoms. The van der Waals surface area contributed by atoms with Gasteiger partial charge in [-0.3, -0.25) is 0 Å². The van der Waals surface area contributed by atoms with E-state index >= 15 is 0 Å². The number of amides is 2. The van der Waals surface area contributed by atoms with Gasteiger partial charge in [0, 0.05) is 6.54 Å². The Morgan fingerprint density at radius 1 is 1.09 bits per heavy atom. The molecule has 2 aromatic rings. The highest BCUT2D eigenvalue weighted by Gasteiger charge is 2.03. The van der Waals surface area contributed by atoms with Crippen LogP contribution in [0.4, 0.5) is 4.79 Å². The number of rotatable bonds is 7. The molecule has 0 spiro atoms. The minimum absolute atomic E-state index is 0.126. The van der Waals surface area contributed by atoms with Gasteiger partial charge in [-0.2, -0.15) is 0 Å². The van der Waals surface area contributed by atoms with Crippen molar-refractivity contribution in [3.05, 3.63) is 59.7 Å². The summed E-state index contributed by atoms with van der Waals surface area (Å²) < 4.78 is 10.7. The Kier molecular flexibility index (Phi) is 6.29. The van der Waals surface area contributed by atoms with E-state index in [2.05, 4.69) is 17.6 Å². The number of hydrogen-bond acceptors (Lipinski definition) is 3. The second-order valence-corrected chi connectivity index (χ2v) is 4.96. The van der Waals surface area contributed by atoms with Gasteiger partial charge in [0.2, 0.25) is 0 Å². The fourth-order valence-electron chi connectivity index (χ4n) is 2.14. The number of aryl methyl sites for hydroxylation is 1. The molecule has 0 heterocycles. The van der Waals surface area contributed by atoms with Gasteiger partial charge < -0.3 is 20.1 Å². The lowest BCUT2D eigenvalue weighted by Gasteiger charge is -2.12. The van der Waals surface area contributed by atoms with Crippen molar-refractivity contribution >= 4 is 6.03 Å². The average Bonchev–Trinajstić information content (AvgIpc) is 2.60. The van der Waals surface area contributed by atoms with E-state index in [-0.39, 0.29) is 12.8 Å². The Bertz CT molecular complexity index is 644. The third-order valence-electron chi connectivity index (χ3n) is 3.40. The lowest BCUT2D eigenvalue weighted by Crippen LogP contribution is -2.37. The number of carbonyl (C=O) groups is 1. The monoisotopic (exact) mass is 314 g/mol. The number of hydrogen-bond donors (Lipinski definition) is 2. The maximum absolute atomic E-state index is 11.8. The molecule has 0 saturated heterocycles. The van der Waals surface area contributed by atoms with Crippen LogP contribution in [-0.4, -0.2) is 19.9 Å². The molecule has 0 unspecified atom stereocenters. The molecule has 0 fully saturated rings. The van der Waals surface area contributed by atoms with E-state index in [1.807, 2.05) is 48.5 Å². The Hall–Kier alpha value is -2.69. The summed E-state index contributed by atoms with van der Waals surface area (Å²) in [6.07, 6.45) is 0.887. The minimum Gasteiger partial charge on any atom is -0.497 e. The number of para-hydroxylation sites is 1. The first kappa shape index (κ1) is 16.7. The van der Waals surface area contributed by atoms with Gasteiger partial charge in [0.25, 0.3) is 0 Å². The highest BCUT2D eigenvalue weighted by Crippen LogP contribution is 2.17. The summed E-state index contributed by atoms with van der Waals surface area (Å²) in [5.41, 5.74) is 2.09. The highest BCUT2D eigenvalue weighted by molar-refractivity contribution is 5.73. The molecular weight excluding hydrogens is 292 g/mol. The number of urea groups is 1. The number of ether oxygens (including phenoxy) is 2. The van der Waals surface area contributed by atoms with E-state index in [1.54, 1.807) is 7.11 Å². The smallest absolute Gasteiger partial charge is 0.317 e. The Morgan fingerprint density at radius 3 is 2.70 bits per heavy atom. The predicted octanol–water partition coefficient (Wildman–Crippen LogP) is 3.09. The van der Waals surface area contributed by atoms with Crippen LogP contribution in [0.25, 0.3) is 0 Å². The maximum atomic E-state index is 11.8. The third-order valence-corrected chi connectivity index (χ3v) is 3.40. The molecule has 5 nitrogen and oxygen atoms in total. The fourth-order valence-corrected chi connectivity index (χ4v) is 2.14. The van der Waals surface area contributed by atoms with Gasteiger partial charge in [0.05, 0.1) is 7.11 Å². The van der Waals surface area contributed by atoms with E-state index < -0.39 is 0 Å². The Morgan fingerprint density at radius 2 is 1.91 bits per heavy atom. The molecule has 0 aliphatic heterocycles. The van der Waals surface area contributed by atoms with Crippen molar-refractivity contribution in [1.29, 1.82) is 0 Å². The van der Waals surface area contributed by atoms with Crippen molar-refractivity contribution in [3.63, 3.8) is 0 Å². The summed E-state index contributed by atoms with van der Waals surface area (Å²) in [6.45, 7) is 2.62. The molecular formula is C18H22N2O3. The van der Waals surface area contributed by atoms with Crippen LogP contribution in [0, 0.1) is 0 Å². The van der Waals surface area contributed by atoms with Crippen LogP contribution in [0.2, 0.25) is 0 Å². The van der Waals surface area contributed by atoms with Crippen molar-refractivity contribution < 1.29 is 14.3 Å². The lowest BCUT2D eigenvalue weighted by atomic mass is 10.1. The summed E-state index contributed by atoms with van der Waals surface area (Å²) in [5.74, 6) is 1.56. The molecule has 2 amide bonds. The molecule has 122 valence electrons. The topological polar surface area (TPSA) is 59.6 Å². The van der Waals surface area contributed by atoms with Gasteiger partial charge in [0.15, 0.2) is 6.73 Å². The first-order valence-electron chi connectivity index (χ1n) is 7.58. The van der Waals surface area contributed by atoms with Crippen molar-refractivity contribution in [2.75, 3.05) is 13.8 Å². The van der Waals surface area contributed by atoms with Crippen LogP contribution in [0.5, 0.6) is 11.5 Å². The summed E-state index contributed by atoms with van der Waals surface area (Å²) in [6, 6.07) is 15.1. The van der Waals surface area contributed by atoms with E-state index in [1.165, 1.54) is 0 Å². The molecule has 2 aromatic carbocycles. The molecule has 0 aliphatic carbocycles. The molecule has 0 aliphatic rings. The summed E-state index contributed by atoms with van der Waals surface area (Å²) in [5, 5.41) is 5.46. The van der Waals surface area contributed by atoms with Crippen molar-refractivity contribution in [1.82, 2.24) is 10.6 Å². The molecule has 5 heteroatoms. The number of carbonyl (C=O) groups excluding carboxylic acids is 1. The number of benzene rings is 2. The lowest BCUT2D eigenvalue weighted by molar-refractivity contribution is 0.223. The van der Waals surface area contributed by atoms with Crippen molar-refractivity contribution in [3.8, 4) is 11.5 Å². The van der Waals surface area contributed by atoms with Crippen molar-refractivity contribution in [2.45, 2.75) is 19.9 Å². The first-order chi connectivity index (χ1) is 11.2. The van der Waals surface area contributed by atoms with Crippen LogP contribution >= 0.6 is 0 Å². The molecule has 2 N–H and O–H groups in total. The summed E-state index contributed by atoms with van der Waals surface area (Å²) in [7, 11) is 1.62. The van der Waals surface area contributed by atoms with E-state index in [0.29, 0.717) is 6.54 Å². The van der Waals surface area contributed by atoms with Gasteiger partial charge in [0.1, 0.15) is 11.5 Å². The summed E-state index contributed by atoms with van der Waals surface area (Å²) >= 11 is 0. The number of methoxy groups -OCH3 is 1. The quantitative estimate of drug-likeness (QED) is 0.772. The average molecular weight is 314 g/mol. The largest absolute Gasteiger partial charge is 0.497 e. The highest BCUT2D eigenvalue weighted by atomic mass is 16.5. The summed E-state index contributed by atoms with van der Waals surface area (Å²) in [4.78, 5) is 11.8. The zero-order valence-electron chi connectivity index (χ0n) is 13.5. The van der Waals surface area contributed by atoms with Gasteiger partial charge in [-0.15, -0.1) is 0 Å². The van der Waals surface area contributed by atoms with Crippen LogP contribution in [-0.2, 0) is 13.0 Å². The van der Waals surface area contributed by atoms with Crippen LogP contribution < -0.4 is 20.1 Å². The first-order valence-corrected chi connectivity index (χ1v) is 7.58. The van der Waals surface area contributed by atoms with Gasteiger partial charge >= 0.3 is 6.03 Å². The normalized spacial score (nSPS) is 10.0. The second-order valence-electron chi connectivity index (χ2n) is 4.96. The van der Waals surface area contributed by atoms with Crippen LogP contribution in [0.3, 0.4) is 0 Å². The van der Waals surface area contributed by atoms with E-state index in [9.17, 15) is 4.79 Å². The maximum Gasteiger partial charge on any atom is 0.317 e. The van der Waals surface area contributed by atoms with Crippen LogP contribution in [0.15, 0.2) is 48.5 Å². The molecule has 0 aromatic heterocycles. The zero-order chi connectivity index (χ0) is 16.5. The zero-order valence-corrected chi connectivity index (χ0v) is 13.5. The van der Waals surface area contributed by atoms with Gasteiger partial charge in [-0.1, -0.05) is 37.3 Å². The molecule has 0 radical (unpaired) electrons. The van der Waals surface area contributed by atoms with Crippen LogP contribution in [0.1, 0.15) is 18.1 Å². The predicted molar refractivity (Wildman–Crippen MR) is 89.7 cm³/mol. The Balaban J connectivity index is 1.74. The standard InChI is InChI=1S/C18H22N2O3/c1-3-15-8-4-5-10-17(15)23-13-20-18(21)19-12-14-7-6-9-16(11-14)22-2/h4-11H,3,12-13H2,1-2H3,(H2,19,20,21). The second kappa shape index (κ2) is 8.68. The molecule has 0 atom stereocenters. The van der Waals surface area contributed by atoms with Gasteiger partial charge in [-0.05, 0) is 35.7 Å². The van der Waals surface area contributed by atoms with Crippen molar-refractivity contribution in [2.24, 2.45) is 0 Å². The minimum atomic E-state index is -0.276. The van der Waals surface area contributed by atoms with Gasteiger partial charge in [-0.25, -0.2) is 4.79 Å². The van der Waals surface area contributed by atoms with E-state index in [4.69, 9.17) is 9.47 Å². The van der Waals surface area contributed by atoms with E-state index in [0.717, 1.165) is 29.0 Å². The molecule has 0 saturated carbocycles. The Labute approximate surface area is 136 Å². The SMILES string of the molecule is CCc1ccccc1OCNC(=O)NCc1cccc(OC)c1. The molecule has 23 heavy (non-hydrogen) atoms. The fraction of sp³-hybridized carbons (Fsp3) is 0.278. The molecule has 2 rings (SSSR count). The number of nitrogens with one attached hydrogen (secondary N) is 2. The third kappa shape index (κ3) is 5.21.